The minimum absolute atomic E-state index is 0.154. The minimum Gasteiger partial charge on any atom is -0.306 e. The molecule has 3 atom stereocenters. The molecule has 110 valence electrons. The molecule has 0 aromatic heterocycles. The number of hydrogen-bond acceptors (Lipinski definition) is 4. The zero-order valence-corrected chi connectivity index (χ0v) is 12.9. The van der Waals surface area contributed by atoms with Crippen LogP contribution < -0.4 is 5.32 Å². The van der Waals surface area contributed by atoms with E-state index >= 15 is 0 Å². The topological polar surface area (TPSA) is 55.2 Å². The van der Waals surface area contributed by atoms with E-state index in [2.05, 4.69) is 19.2 Å². The summed E-state index contributed by atoms with van der Waals surface area (Å²) in [6.45, 7) is 4.34. The Morgan fingerprint density at radius 1 is 1.40 bits per heavy atom. The van der Waals surface area contributed by atoms with Crippen LogP contribution in [0.3, 0.4) is 0 Å². The van der Waals surface area contributed by atoms with Crippen LogP contribution in [0.1, 0.15) is 44.7 Å². The second kappa shape index (κ2) is 7.09. The third kappa shape index (κ3) is 3.73. The van der Waals surface area contributed by atoms with Gasteiger partial charge in [-0.3, -0.25) is 10.1 Å². The lowest BCUT2D eigenvalue weighted by Crippen LogP contribution is -2.36. The van der Waals surface area contributed by atoms with Crippen molar-refractivity contribution < 1.29 is 4.92 Å². The zero-order chi connectivity index (χ0) is 14.5. The Bertz CT molecular complexity index is 450. The Morgan fingerprint density at radius 3 is 2.70 bits per heavy atom. The molecule has 5 heteroatoms. The van der Waals surface area contributed by atoms with Gasteiger partial charge < -0.3 is 5.32 Å². The molecular formula is C15H22N2O2S. The summed E-state index contributed by atoms with van der Waals surface area (Å²) in [5, 5.41) is 15.1. The molecule has 0 heterocycles. The van der Waals surface area contributed by atoms with E-state index in [9.17, 15) is 10.1 Å². The van der Waals surface area contributed by atoms with Gasteiger partial charge in [0.2, 0.25) is 0 Å². The van der Waals surface area contributed by atoms with Gasteiger partial charge in [-0.05, 0) is 31.1 Å². The second-order valence-corrected chi connectivity index (χ2v) is 6.78. The number of benzene rings is 1. The number of rotatable bonds is 6. The van der Waals surface area contributed by atoms with E-state index in [1.807, 2.05) is 23.9 Å². The van der Waals surface area contributed by atoms with Gasteiger partial charge >= 0.3 is 0 Å². The molecule has 3 unspecified atom stereocenters. The molecule has 0 aliphatic heterocycles. The van der Waals surface area contributed by atoms with Crippen LogP contribution in [0, 0.1) is 10.1 Å². The number of nitro groups is 1. The molecule has 1 aromatic rings. The Balaban J connectivity index is 1.97. The molecule has 0 spiro atoms. The van der Waals surface area contributed by atoms with Crippen LogP contribution >= 0.6 is 11.8 Å². The molecule has 0 radical (unpaired) electrons. The monoisotopic (exact) mass is 294 g/mol. The van der Waals surface area contributed by atoms with Gasteiger partial charge in [0, 0.05) is 29.5 Å². The van der Waals surface area contributed by atoms with Crippen LogP contribution in [0.25, 0.3) is 0 Å². The fraction of sp³-hybridized carbons (Fsp3) is 0.600. The van der Waals surface area contributed by atoms with Crippen LogP contribution in [0.15, 0.2) is 24.3 Å². The summed E-state index contributed by atoms with van der Waals surface area (Å²) in [5.41, 5.74) is 1.27. The quantitative estimate of drug-likeness (QED) is 0.638. The first-order valence-corrected chi connectivity index (χ1v) is 8.28. The van der Waals surface area contributed by atoms with Crippen LogP contribution in [-0.4, -0.2) is 22.0 Å². The predicted octanol–water partition coefficient (Wildman–Crippen LogP) is 3.92. The van der Waals surface area contributed by atoms with Crippen LogP contribution in [0.2, 0.25) is 0 Å². The van der Waals surface area contributed by atoms with Gasteiger partial charge in [-0.15, -0.1) is 0 Å². The zero-order valence-electron chi connectivity index (χ0n) is 12.0. The molecule has 0 bridgehead atoms. The number of nitrogens with zero attached hydrogens (tertiary/aromatic N) is 1. The van der Waals surface area contributed by atoms with Gasteiger partial charge in [0.05, 0.1) is 4.92 Å². The van der Waals surface area contributed by atoms with Crippen molar-refractivity contribution in [3.63, 3.8) is 0 Å². The lowest BCUT2D eigenvalue weighted by atomic mass is 10.1. The highest BCUT2D eigenvalue weighted by atomic mass is 32.2. The molecule has 20 heavy (non-hydrogen) atoms. The van der Waals surface area contributed by atoms with Crippen molar-refractivity contribution in [2.24, 2.45) is 0 Å². The van der Waals surface area contributed by atoms with Crippen LogP contribution in [-0.2, 0) is 0 Å². The molecule has 1 aliphatic carbocycles. The smallest absolute Gasteiger partial charge is 0.269 e. The fourth-order valence-corrected chi connectivity index (χ4v) is 4.04. The molecule has 4 nitrogen and oxygen atoms in total. The van der Waals surface area contributed by atoms with E-state index in [1.54, 1.807) is 12.1 Å². The molecule has 2 rings (SSSR count). The van der Waals surface area contributed by atoms with Gasteiger partial charge in [-0.25, -0.2) is 0 Å². The number of nitrogens with one attached hydrogen (secondary N) is 1. The first-order chi connectivity index (χ1) is 9.61. The maximum atomic E-state index is 10.7. The standard InChI is InChI=1S/C15H22N2O2S/c1-3-20-15-6-4-5-14(15)16-11(2)12-7-9-13(10-8-12)17(18)19/h7-11,14-16H,3-6H2,1-2H3. The maximum absolute atomic E-state index is 10.7. The van der Waals surface area contributed by atoms with Crippen molar-refractivity contribution in [1.29, 1.82) is 0 Å². The fourth-order valence-electron chi connectivity index (χ4n) is 2.83. The SMILES string of the molecule is CCSC1CCCC1NC(C)c1ccc([N+](=O)[O-])cc1. The maximum Gasteiger partial charge on any atom is 0.269 e. The summed E-state index contributed by atoms with van der Waals surface area (Å²) in [7, 11) is 0. The second-order valence-electron chi connectivity index (χ2n) is 5.27. The number of hydrogen-bond donors (Lipinski definition) is 1. The molecule has 1 aliphatic rings. The summed E-state index contributed by atoms with van der Waals surface area (Å²) in [4.78, 5) is 10.3. The van der Waals surface area contributed by atoms with E-state index in [0.29, 0.717) is 11.3 Å². The highest BCUT2D eigenvalue weighted by molar-refractivity contribution is 7.99. The summed E-state index contributed by atoms with van der Waals surface area (Å²) in [6.07, 6.45) is 3.82. The van der Waals surface area contributed by atoms with Gasteiger partial charge in [-0.1, -0.05) is 25.5 Å². The van der Waals surface area contributed by atoms with E-state index in [4.69, 9.17) is 0 Å². The highest BCUT2D eigenvalue weighted by Crippen LogP contribution is 2.31. The molecule has 1 fully saturated rings. The molecule has 1 saturated carbocycles. The van der Waals surface area contributed by atoms with Crippen molar-refractivity contribution >= 4 is 17.4 Å². The summed E-state index contributed by atoms with van der Waals surface area (Å²) < 4.78 is 0. The van der Waals surface area contributed by atoms with Gasteiger partial charge in [0.1, 0.15) is 0 Å². The van der Waals surface area contributed by atoms with E-state index < -0.39 is 0 Å². The summed E-state index contributed by atoms with van der Waals surface area (Å²) >= 11 is 2.04. The van der Waals surface area contributed by atoms with Gasteiger partial charge in [0.25, 0.3) is 5.69 Å². The lowest BCUT2D eigenvalue weighted by molar-refractivity contribution is -0.384. The van der Waals surface area contributed by atoms with Crippen molar-refractivity contribution in [3.05, 3.63) is 39.9 Å². The molecule has 1 aromatic carbocycles. The highest BCUT2D eigenvalue weighted by Gasteiger charge is 2.28. The minimum atomic E-state index is -0.354. The molecule has 1 N–H and O–H groups in total. The average molecular weight is 294 g/mol. The predicted molar refractivity (Wildman–Crippen MR) is 84.2 cm³/mol. The van der Waals surface area contributed by atoms with Crippen LogP contribution in [0.4, 0.5) is 5.69 Å². The third-order valence-electron chi connectivity index (χ3n) is 3.90. The molecule has 0 saturated heterocycles. The van der Waals surface area contributed by atoms with Crippen LogP contribution in [0.5, 0.6) is 0 Å². The van der Waals surface area contributed by atoms with Crippen molar-refractivity contribution in [2.75, 3.05) is 5.75 Å². The Morgan fingerprint density at radius 2 is 2.10 bits per heavy atom. The normalized spacial score (nSPS) is 23.7. The Kier molecular flexibility index (Phi) is 5.43. The van der Waals surface area contributed by atoms with E-state index in [1.165, 1.54) is 19.3 Å². The first kappa shape index (κ1) is 15.3. The lowest BCUT2D eigenvalue weighted by Gasteiger charge is -2.24. The summed E-state index contributed by atoms with van der Waals surface area (Å²) in [6, 6.07) is 7.67. The number of nitro benzene ring substituents is 1. The van der Waals surface area contributed by atoms with Gasteiger partial charge in [0.15, 0.2) is 0 Å². The van der Waals surface area contributed by atoms with E-state index in [0.717, 1.165) is 11.3 Å². The average Bonchev–Trinajstić information content (AvgIpc) is 2.86. The third-order valence-corrected chi connectivity index (χ3v) is 5.23. The Labute approximate surface area is 124 Å². The van der Waals surface area contributed by atoms with Crippen molar-refractivity contribution in [3.8, 4) is 0 Å². The first-order valence-electron chi connectivity index (χ1n) is 7.23. The molecular weight excluding hydrogens is 272 g/mol. The van der Waals surface area contributed by atoms with Crippen molar-refractivity contribution in [1.82, 2.24) is 5.32 Å². The molecule has 0 amide bonds. The van der Waals surface area contributed by atoms with E-state index in [-0.39, 0.29) is 16.7 Å². The number of thioether (sulfide) groups is 1. The summed E-state index contributed by atoms with van der Waals surface area (Å²) in [5.74, 6) is 1.16. The van der Waals surface area contributed by atoms with Crippen molar-refractivity contribution in [2.45, 2.75) is 50.4 Å². The number of non-ortho nitro benzene ring substituents is 1. The largest absolute Gasteiger partial charge is 0.306 e. The van der Waals surface area contributed by atoms with Gasteiger partial charge in [-0.2, -0.15) is 11.8 Å². The Hall–Kier alpha value is -1.07.